The molecular weight excluding hydrogens is 446 g/mol. The summed E-state index contributed by atoms with van der Waals surface area (Å²) in [4.78, 5) is 12.2. The lowest BCUT2D eigenvalue weighted by atomic mass is 10.2. The van der Waals surface area contributed by atoms with Crippen molar-refractivity contribution in [3.8, 4) is 11.5 Å². The fourth-order valence-electron chi connectivity index (χ4n) is 1.90. The summed E-state index contributed by atoms with van der Waals surface area (Å²) in [6, 6.07) is 9.36. The third-order valence-electron chi connectivity index (χ3n) is 3.05. The molecule has 1 amide bonds. The van der Waals surface area contributed by atoms with Crippen LogP contribution in [0.5, 0.6) is 11.5 Å². The van der Waals surface area contributed by atoms with Crippen LogP contribution in [0.15, 0.2) is 36.4 Å². The van der Waals surface area contributed by atoms with Gasteiger partial charge in [0.2, 0.25) is 0 Å². The van der Waals surface area contributed by atoms with E-state index in [0.717, 1.165) is 3.57 Å². The van der Waals surface area contributed by atoms with Gasteiger partial charge in [-0.05, 0) is 71.2 Å². The molecule has 0 aliphatic heterocycles. The SMILES string of the molecule is COc1ccc(C(=O)NC(=S)Nc2ccc(I)cc2F)cc1OC. The van der Waals surface area contributed by atoms with Gasteiger partial charge in [0.05, 0.1) is 19.9 Å². The molecular formula is C16H14FIN2O3S. The van der Waals surface area contributed by atoms with Gasteiger partial charge < -0.3 is 14.8 Å². The molecule has 0 atom stereocenters. The lowest BCUT2D eigenvalue weighted by Crippen LogP contribution is -2.34. The molecule has 0 aliphatic carbocycles. The van der Waals surface area contributed by atoms with Crippen LogP contribution in [0.25, 0.3) is 0 Å². The van der Waals surface area contributed by atoms with Crippen molar-refractivity contribution in [1.29, 1.82) is 0 Å². The van der Waals surface area contributed by atoms with E-state index in [9.17, 15) is 9.18 Å². The van der Waals surface area contributed by atoms with Gasteiger partial charge in [-0.3, -0.25) is 10.1 Å². The van der Waals surface area contributed by atoms with Gasteiger partial charge in [0.25, 0.3) is 5.91 Å². The molecule has 0 unspecified atom stereocenters. The predicted octanol–water partition coefficient (Wildman–Crippen LogP) is 3.57. The minimum absolute atomic E-state index is 0.00473. The Labute approximate surface area is 157 Å². The molecule has 0 spiro atoms. The highest BCUT2D eigenvalue weighted by atomic mass is 127. The number of thiocarbonyl (C=S) groups is 1. The molecule has 24 heavy (non-hydrogen) atoms. The van der Waals surface area contributed by atoms with E-state index >= 15 is 0 Å². The van der Waals surface area contributed by atoms with Crippen LogP contribution < -0.4 is 20.1 Å². The number of amides is 1. The van der Waals surface area contributed by atoms with E-state index in [1.54, 1.807) is 24.3 Å². The normalized spacial score (nSPS) is 10.0. The first kappa shape index (κ1) is 18.4. The van der Waals surface area contributed by atoms with Gasteiger partial charge in [0.1, 0.15) is 5.82 Å². The van der Waals surface area contributed by atoms with Crippen LogP contribution in [0.1, 0.15) is 10.4 Å². The summed E-state index contributed by atoms with van der Waals surface area (Å²) in [7, 11) is 2.98. The Morgan fingerprint density at radius 2 is 1.83 bits per heavy atom. The zero-order chi connectivity index (χ0) is 17.7. The molecule has 0 bridgehead atoms. The molecule has 8 heteroatoms. The molecule has 0 aliphatic rings. The topological polar surface area (TPSA) is 59.6 Å². The monoisotopic (exact) mass is 460 g/mol. The highest BCUT2D eigenvalue weighted by molar-refractivity contribution is 14.1. The maximum absolute atomic E-state index is 13.8. The summed E-state index contributed by atoms with van der Waals surface area (Å²) in [5, 5.41) is 5.14. The summed E-state index contributed by atoms with van der Waals surface area (Å²) in [6.45, 7) is 0. The van der Waals surface area contributed by atoms with Gasteiger partial charge in [-0.15, -0.1) is 0 Å². The fourth-order valence-corrected chi connectivity index (χ4v) is 2.55. The second kappa shape index (κ2) is 8.25. The Balaban J connectivity index is 2.07. The predicted molar refractivity (Wildman–Crippen MR) is 102 cm³/mol. The Morgan fingerprint density at radius 1 is 1.12 bits per heavy atom. The lowest BCUT2D eigenvalue weighted by Gasteiger charge is -2.12. The van der Waals surface area contributed by atoms with Crippen LogP contribution in [0.2, 0.25) is 0 Å². The molecule has 126 valence electrons. The number of benzene rings is 2. The van der Waals surface area contributed by atoms with Gasteiger partial charge in [-0.25, -0.2) is 4.39 Å². The number of halogens is 2. The smallest absolute Gasteiger partial charge is 0.257 e. The van der Waals surface area contributed by atoms with E-state index in [-0.39, 0.29) is 10.8 Å². The molecule has 5 nitrogen and oxygen atoms in total. The van der Waals surface area contributed by atoms with Gasteiger partial charge in [0.15, 0.2) is 16.6 Å². The Bertz CT molecular complexity index is 786. The first-order chi connectivity index (χ1) is 11.4. The Morgan fingerprint density at radius 3 is 2.46 bits per heavy atom. The minimum Gasteiger partial charge on any atom is -0.493 e. The number of hydrogen-bond acceptors (Lipinski definition) is 4. The number of methoxy groups -OCH3 is 2. The van der Waals surface area contributed by atoms with E-state index < -0.39 is 11.7 Å². The second-order valence-electron chi connectivity index (χ2n) is 4.60. The molecule has 0 fully saturated rings. The molecule has 2 N–H and O–H groups in total. The van der Waals surface area contributed by atoms with E-state index in [2.05, 4.69) is 10.6 Å². The first-order valence-corrected chi connectivity index (χ1v) is 8.22. The van der Waals surface area contributed by atoms with Crippen molar-refractivity contribution in [2.45, 2.75) is 0 Å². The molecule has 2 aromatic carbocycles. The minimum atomic E-state index is -0.454. The number of carbonyl (C=O) groups excluding carboxylic acids is 1. The highest BCUT2D eigenvalue weighted by Gasteiger charge is 2.13. The molecule has 2 aromatic rings. The molecule has 0 aromatic heterocycles. The Kier molecular flexibility index (Phi) is 6.32. The molecule has 0 heterocycles. The number of rotatable bonds is 4. The fraction of sp³-hybridized carbons (Fsp3) is 0.125. The zero-order valence-corrected chi connectivity index (χ0v) is 15.8. The van der Waals surface area contributed by atoms with Gasteiger partial charge in [-0.2, -0.15) is 0 Å². The summed E-state index contributed by atoms with van der Waals surface area (Å²) in [5.74, 6) is 0.0346. The van der Waals surface area contributed by atoms with Crippen molar-refractivity contribution in [2.24, 2.45) is 0 Å². The number of carbonyl (C=O) groups is 1. The van der Waals surface area contributed by atoms with Crippen molar-refractivity contribution in [3.05, 3.63) is 51.3 Å². The highest BCUT2D eigenvalue weighted by Crippen LogP contribution is 2.27. The zero-order valence-electron chi connectivity index (χ0n) is 12.9. The number of nitrogens with one attached hydrogen (secondary N) is 2. The molecule has 0 saturated carbocycles. The maximum Gasteiger partial charge on any atom is 0.257 e. The average Bonchev–Trinajstić information content (AvgIpc) is 2.56. The van der Waals surface area contributed by atoms with E-state index in [4.69, 9.17) is 21.7 Å². The number of anilines is 1. The maximum atomic E-state index is 13.8. The summed E-state index contributed by atoms with van der Waals surface area (Å²) >= 11 is 7.05. The third-order valence-corrected chi connectivity index (χ3v) is 3.93. The molecule has 0 radical (unpaired) electrons. The Hall–Kier alpha value is -1.94. The number of ether oxygens (including phenoxy) is 2. The number of hydrogen-bond donors (Lipinski definition) is 2. The van der Waals surface area contributed by atoms with Gasteiger partial charge in [0, 0.05) is 9.13 Å². The van der Waals surface area contributed by atoms with Crippen LogP contribution in [0.4, 0.5) is 10.1 Å². The van der Waals surface area contributed by atoms with Gasteiger partial charge in [-0.1, -0.05) is 0 Å². The van der Waals surface area contributed by atoms with Crippen LogP contribution >= 0.6 is 34.8 Å². The van der Waals surface area contributed by atoms with Crippen LogP contribution in [0, 0.1) is 9.39 Å². The van der Waals surface area contributed by atoms with Crippen molar-refractivity contribution in [1.82, 2.24) is 5.32 Å². The quantitative estimate of drug-likeness (QED) is 0.540. The lowest BCUT2D eigenvalue weighted by molar-refractivity contribution is 0.0977. The van der Waals surface area contributed by atoms with Crippen LogP contribution in [-0.4, -0.2) is 25.2 Å². The largest absolute Gasteiger partial charge is 0.493 e. The molecule has 0 saturated heterocycles. The standard InChI is InChI=1S/C16H14FIN2O3S/c1-22-13-6-3-9(7-14(13)23-2)15(21)20-16(24)19-12-5-4-10(18)8-11(12)17/h3-8H,1-2H3,(H2,19,20,21,24). The van der Waals surface area contributed by atoms with Crippen LogP contribution in [0.3, 0.4) is 0 Å². The van der Waals surface area contributed by atoms with Crippen molar-refractivity contribution in [2.75, 3.05) is 19.5 Å². The van der Waals surface area contributed by atoms with Crippen LogP contribution in [-0.2, 0) is 0 Å². The molecule has 2 rings (SSSR count). The third kappa shape index (κ3) is 4.54. The van der Waals surface area contributed by atoms with E-state index in [1.165, 1.54) is 26.4 Å². The first-order valence-electron chi connectivity index (χ1n) is 6.74. The van der Waals surface area contributed by atoms with Gasteiger partial charge >= 0.3 is 0 Å². The summed E-state index contributed by atoms with van der Waals surface area (Å²) in [6.07, 6.45) is 0. The second-order valence-corrected chi connectivity index (χ2v) is 6.26. The van der Waals surface area contributed by atoms with E-state index in [0.29, 0.717) is 17.1 Å². The van der Waals surface area contributed by atoms with Crippen molar-refractivity contribution >= 4 is 51.5 Å². The average molecular weight is 460 g/mol. The van der Waals surface area contributed by atoms with Crippen molar-refractivity contribution < 1.29 is 18.7 Å². The summed E-state index contributed by atoms with van der Waals surface area (Å²) < 4.78 is 24.8. The van der Waals surface area contributed by atoms with Crippen molar-refractivity contribution in [3.63, 3.8) is 0 Å². The van der Waals surface area contributed by atoms with E-state index in [1.807, 2.05) is 22.6 Å². The summed E-state index contributed by atoms with van der Waals surface area (Å²) in [5.41, 5.74) is 0.521.